The number of para-hydroxylation sites is 1. The molecule has 1 N–H and O–H groups in total. The molecule has 0 aromatic heterocycles. The Hall–Kier alpha value is -2.57. The first kappa shape index (κ1) is 16.9. The molecule has 2 aromatic rings. The van der Waals surface area contributed by atoms with E-state index in [2.05, 4.69) is 10.3 Å². The number of amides is 2. The molecule has 0 spiro atoms. The Bertz CT molecular complexity index is 1030. The molecule has 26 heavy (non-hydrogen) atoms. The van der Waals surface area contributed by atoms with Crippen molar-refractivity contribution in [3.8, 4) is 0 Å². The van der Waals surface area contributed by atoms with Crippen LogP contribution in [0.2, 0.25) is 5.02 Å². The third-order valence-corrected chi connectivity index (χ3v) is 5.76. The number of hydrogen-bond donors (Lipinski definition) is 1. The van der Waals surface area contributed by atoms with E-state index < -0.39 is 0 Å². The third kappa shape index (κ3) is 2.62. The molecule has 5 nitrogen and oxygen atoms in total. The van der Waals surface area contributed by atoms with E-state index in [1.807, 2.05) is 37.3 Å². The maximum absolute atomic E-state index is 12.7. The number of nitrogens with one attached hydrogen (secondary N) is 1. The number of carbonyl (C=O) groups excluding carboxylic acids is 2. The molecule has 0 unspecified atom stereocenters. The first-order valence-electron chi connectivity index (χ1n) is 7.92. The highest BCUT2D eigenvalue weighted by molar-refractivity contribution is 8.18. The van der Waals surface area contributed by atoms with Gasteiger partial charge in [0.15, 0.2) is 5.17 Å². The topological polar surface area (TPSA) is 61.8 Å². The van der Waals surface area contributed by atoms with Crippen molar-refractivity contribution in [2.24, 2.45) is 4.99 Å². The molecule has 2 amide bonds. The van der Waals surface area contributed by atoms with Crippen LogP contribution in [0.1, 0.15) is 11.1 Å². The summed E-state index contributed by atoms with van der Waals surface area (Å²) in [4.78, 5) is 31.6. The molecule has 1 fully saturated rings. The minimum absolute atomic E-state index is 0.191. The van der Waals surface area contributed by atoms with Crippen LogP contribution in [-0.4, -0.2) is 24.0 Å². The number of benzene rings is 2. The number of fused-ring (bicyclic) bond motifs is 1. The average molecular weight is 384 g/mol. The van der Waals surface area contributed by atoms with E-state index in [9.17, 15) is 9.59 Å². The third-order valence-electron chi connectivity index (χ3n) is 4.37. The van der Waals surface area contributed by atoms with Crippen molar-refractivity contribution in [3.63, 3.8) is 0 Å². The van der Waals surface area contributed by atoms with Crippen LogP contribution in [0.3, 0.4) is 0 Å². The lowest BCUT2D eigenvalue weighted by molar-refractivity contribution is -0.116. The lowest BCUT2D eigenvalue weighted by Gasteiger charge is -2.08. The van der Waals surface area contributed by atoms with Gasteiger partial charge in [-0.1, -0.05) is 35.9 Å². The zero-order valence-electron chi connectivity index (χ0n) is 14.0. The SMILES string of the molecule is Cc1c(Cl)cccc1N=C1NC(=O)/C(=C2/C(=O)N(C)c3ccccc32)S1. The number of amidine groups is 1. The fourth-order valence-corrected chi connectivity index (χ4v) is 4.05. The predicted octanol–water partition coefficient (Wildman–Crippen LogP) is 3.89. The van der Waals surface area contributed by atoms with Crippen LogP contribution in [0.4, 0.5) is 11.4 Å². The number of likely N-dealkylation sites (N-methyl/N-ethyl adjacent to an activating group) is 1. The summed E-state index contributed by atoms with van der Waals surface area (Å²) in [5.41, 5.74) is 3.49. The molecule has 1 saturated heterocycles. The van der Waals surface area contributed by atoms with Crippen LogP contribution in [0.15, 0.2) is 52.4 Å². The van der Waals surface area contributed by atoms with Crippen molar-refractivity contribution in [3.05, 3.63) is 63.5 Å². The molecule has 2 aliphatic rings. The zero-order chi connectivity index (χ0) is 18.4. The Morgan fingerprint density at radius 1 is 1.12 bits per heavy atom. The molecule has 2 heterocycles. The van der Waals surface area contributed by atoms with Crippen molar-refractivity contribution >= 4 is 57.3 Å². The summed E-state index contributed by atoms with van der Waals surface area (Å²) in [5.74, 6) is -0.508. The second-order valence-electron chi connectivity index (χ2n) is 5.94. The fourth-order valence-electron chi connectivity index (χ4n) is 2.95. The molecule has 7 heteroatoms. The summed E-state index contributed by atoms with van der Waals surface area (Å²) in [5, 5.41) is 3.79. The van der Waals surface area contributed by atoms with Gasteiger partial charge in [-0.3, -0.25) is 9.59 Å². The minimum Gasteiger partial charge on any atom is -0.311 e. The van der Waals surface area contributed by atoms with Gasteiger partial charge in [0.1, 0.15) is 0 Å². The quantitative estimate of drug-likeness (QED) is 0.760. The number of anilines is 1. The largest absolute Gasteiger partial charge is 0.311 e. The molecule has 0 saturated carbocycles. The van der Waals surface area contributed by atoms with Crippen LogP contribution in [-0.2, 0) is 9.59 Å². The first-order chi connectivity index (χ1) is 12.5. The summed E-state index contributed by atoms with van der Waals surface area (Å²) in [6, 6.07) is 12.9. The van der Waals surface area contributed by atoms with Crippen molar-refractivity contribution in [2.45, 2.75) is 6.92 Å². The second kappa shape index (κ2) is 6.30. The summed E-state index contributed by atoms with van der Waals surface area (Å²) < 4.78 is 0. The number of rotatable bonds is 1. The minimum atomic E-state index is -0.318. The van der Waals surface area contributed by atoms with E-state index in [0.29, 0.717) is 26.4 Å². The number of hydrogen-bond acceptors (Lipinski definition) is 4. The second-order valence-corrected chi connectivity index (χ2v) is 7.35. The molecule has 0 atom stereocenters. The Morgan fingerprint density at radius 2 is 1.88 bits per heavy atom. The van der Waals surface area contributed by atoms with Crippen molar-refractivity contribution < 1.29 is 9.59 Å². The molecular formula is C19H14ClN3O2S. The Kier molecular flexibility index (Phi) is 4.09. The first-order valence-corrected chi connectivity index (χ1v) is 9.11. The highest BCUT2D eigenvalue weighted by atomic mass is 35.5. The summed E-state index contributed by atoms with van der Waals surface area (Å²) in [7, 11) is 1.70. The van der Waals surface area contributed by atoms with Gasteiger partial charge in [0, 0.05) is 17.6 Å². The van der Waals surface area contributed by atoms with Crippen molar-refractivity contribution in [1.82, 2.24) is 5.32 Å². The van der Waals surface area contributed by atoms with Gasteiger partial charge < -0.3 is 10.2 Å². The highest BCUT2D eigenvalue weighted by Gasteiger charge is 2.37. The monoisotopic (exact) mass is 383 g/mol. The lowest BCUT2D eigenvalue weighted by atomic mass is 10.1. The van der Waals surface area contributed by atoms with Gasteiger partial charge in [-0.05, 0) is 42.4 Å². The summed E-state index contributed by atoms with van der Waals surface area (Å²) >= 11 is 7.30. The van der Waals surface area contributed by atoms with E-state index in [1.54, 1.807) is 24.1 Å². The molecule has 0 bridgehead atoms. The van der Waals surface area contributed by atoms with E-state index in [1.165, 1.54) is 11.8 Å². The van der Waals surface area contributed by atoms with Crippen LogP contribution in [0, 0.1) is 6.92 Å². The highest BCUT2D eigenvalue weighted by Crippen LogP contribution is 2.42. The van der Waals surface area contributed by atoms with Gasteiger partial charge in [0.05, 0.1) is 21.9 Å². The number of nitrogens with zero attached hydrogens (tertiary/aromatic N) is 2. The van der Waals surface area contributed by atoms with Gasteiger partial charge in [-0.15, -0.1) is 0 Å². The van der Waals surface area contributed by atoms with Gasteiger partial charge in [-0.25, -0.2) is 4.99 Å². The molecule has 4 rings (SSSR count). The Balaban J connectivity index is 1.78. The van der Waals surface area contributed by atoms with Gasteiger partial charge in [0.25, 0.3) is 11.8 Å². The van der Waals surface area contributed by atoms with E-state index in [-0.39, 0.29) is 11.8 Å². The Morgan fingerprint density at radius 3 is 2.69 bits per heavy atom. The Labute approximate surface area is 159 Å². The normalized spacial score (nSPS) is 20.7. The summed E-state index contributed by atoms with van der Waals surface area (Å²) in [6.07, 6.45) is 0. The smallest absolute Gasteiger partial charge is 0.264 e. The maximum atomic E-state index is 12.7. The van der Waals surface area contributed by atoms with Crippen molar-refractivity contribution in [1.29, 1.82) is 0 Å². The molecule has 0 radical (unpaired) electrons. The number of halogens is 1. The zero-order valence-corrected chi connectivity index (χ0v) is 15.6. The van der Waals surface area contributed by atoms with Gasteiger partial charge in [-0.2, -0.15) is 0 Å². The van der Waals surface area contributed by atoms with Crippen LogP contribution in [0.5, 0.6) is 0 Å². The number of thioether (sulfide) groups is 1. The molecular weight excluding hydrogens is 370 g/mol. The average Bonchev–Trinajstić information content (AvgIpc) is 3.10. The van der Waals surface area contributed by atoms with Crippen LogP contribution >= 0.6 is 23.4 Å². The van der Waals surface area contributed by atoms with Gasteiger partial charge >= 0.3 is 0 Å². The lowest BCUT2D eigenvalue weighted by Crippen LogP contribution is -2.23. The van der Waals surface area contributed by atoms with Crippen LogP contribution < -0.4 is 10.2 Å². The molecule has 0 aliphatic carbocycles. The maximum Gasteiger partial charge on any atom is 0.264 e. The standard InChI is InChI=1S/C19H14ClN3O2S/c1-10-12(20)7-5-8-13(10)21-19-22-17(24)16(26-19)15-11-6-3-4-9-14(11)23(2)18(15)25/h3-9H,1-2H3,(H,21,22,24)/b16-15-. The molecule has 130 valence electrons. The van der Waals surface area contributed by atoms with E-state index in [4.69, 9.17) is 11.6 Å². The summed E-state index contributed by atoms with van der Waals surface area (Å²) in [6.45, 7) is 1.87. The van der Waals surface area contributed by atoms with Gasteiger partial charge in [0.2, 0.25) is 0 Å². The number of carbonyl (C=O) groups is 2. The number of aliphatic imine (C=N–C) groups is 1. The van der Waals surface area contributed by atoms with Crippen LogP contribution in [0.25, 0.3) is 5.57 Å². The van der Waals surface area contributed by atoms with E-state index in [0.717, 1.165) is 16.8 Å². The molecule has 2 aliphatic heterocycles. The van der Waals surface area contributed by atoms with Crippen molar-refractivity contribution in [2.75, 3.05) is 11.9 Å². The van der Waals surface area contributed by atoms with E-state index >= 15 is 0 Å². The molecule has 2 aromatic carbocycles. The predicted molar refractivity (Wildman–Crippen MR) is 106 cm³/mol. The fraction of sp³-hybridized carbons (Fsp3) is 0.105.